The minimum absolute atomic E-state index is 0.0611. The van der Waals surface area contributed by atoms with E-state index in [1.807, 2.05) is 0 Å². The number of carbonyl (C=O) groups excluding carboxylic acids is 1. The zero-order valence-corrected chi connectivity index (χ0v) is 14.0. The predicted octanol–water partition coefficient (Wildman–Crippen LogP) is 2.50. The van der Waals surface area contributed by atoms with Crippen LogP contribution in [0.15, 0.2) is 27.2 Å². The van der Waals surface area contributed by atoms with Gasteiger partial charge in [0.2, 0.25) is 5.91 Å². The highest BCUT2D eigenvalue weighted by molar-refractivity contribution is 5.82. The molecule has 2 atom stereocenters. The number of aryl methyl sites for hydroxylation is 1. The van der Waals surface area contributed by atoms with Gasteiger partial charge in [-0.2, -0.15) is 0 Å². The molecule has 1 saturated carbocycles. The summed E-state index contributed by atoms with van der Waals surface area (Å²) in [5.41, 5.74) is -0.189. The van der Waals surface area contributed by atoms with E-state index in [9.17, 15) is 14.7 Å². The average Bonchev–Trinajstić information content (AvgIpc) is 3.29. The van der Waals surface area contributed by atoms with Crippen LogP contribution in [0.5, 0.6) is 0 Å². The van der Waals surface area contributed by atoms with Gasteiger partial charge in [-0.15, -0.1) is 0 Å². The van der Waals surface area contributed by atoms with Gasteiger partial charge < -0.3 is 18.8 Å². The number of hydrogen-bond donors (Lipinski definition) is 1. The number of aromatic nitrogens is 1. The molecule has 1 saturated heterocycles. The third-order valence-electron chi connectivity index (χ3n) is 5.59. The van der Waals surface area contributed by atoms with Crippen LogP contribution in [-0.2, 0) is 16.0 Å². The fraction of sp³-hybridized carbons (Fsp3) is 0.500. The first-order chi connectivity index (χ1) is 12.0. The van der Waals surface area contributed by atoms with Gasteiger partial charge in [0.15, 0.2) is 5.76 Å². The number of furan rings is 1. The number of fused-ring (bicyclic) bond motifs is 1. The highest BCUT2D eigenvalue weighted by atomic mass is 16.4. The van der Waals surface area contributed by atoms with E-state index in [1.54, 1.807) is 24.0 Å². The molecule has 1 N–H and O–H groups in total. The standard InChI is InChI=1S/C18H20N2O5/c1-11-13(19-16(25-11)14-5-3-7-24-14)8-15(21)20-9-12-4-2-6-18(12,10-20)17(22)23/h3,5,7,12H,2,4,6,8-10H2,1H3,(H,22,23)/t12-,18+/m0/s1. The number of hydrogen-bond acceptors (Lipinski definition) is 5. The molecule has 25 heavy (non-hydrogen) atoms. The molecule has 1 aliphatic carbocycles. The second-order valence-corrected chi connectivity index (χ2v) is 7.00. The highest BCUT2D eigenvalue weighted by Gasteiger charge is 2.55. The van der Waals surface area contributed by atoms with E-state index >= 15 is 0 Å². The molecule has 2 aromatic heterocycles. The quantitative estimate of drug-likeness (QED) is 0.915. The average molecular weight is 344 g/mol. The minimum atomic E-state index is -0.775. The smallest absolute Gasteiger partial charge is 0.311 e. The summed E-state index contributed by atoms with van der Waals surface area (Å²) in [6, 6.07) is 3.49. The fourth-order valence-electron chi connectivity index (χ4n) is 4.18. The van der Waals surface area contributed by atoms with Crippen molar-refractivity contribution in [3.8, 4) is 11.7 Å². The lowest BCUT2D eigenvalue weighted by molar-refractivity contribution is -0.149. The van der Waals surface area contributed by atoms with Crippen molar-refractivity contribution >= 4 is 11.9 Å². The van der Waals surface area contributed by atoms with Crippen molar-refractivity contribution in [1.29, 1.82) is 0 Å². The van der Waals surface area contributed by atoms with Crippen molar-refractivity contribution in [2.24, 2.45) is 11.3 Å². The van der Waals surface area contributed by atoms with Crippen molar-refractivity contribution in [3.63, 3.8) is 0 Å². The molecule has 2 aliphatic rings. The Morgan fingerprint density at radius 3 is 3.00 bits per heavy atom. The van der Waals surface area contributed by atoms with E-state index in [0.717, 1.165) is 12.8 Å². The van der Waals surface area contributed by atoms with Crippen molar-refractivity contribution in [2.75, 3.05) is 13.1 Å². The van der Waals surface area contributed by atoms with Crippen LogP contribution in [0.25, 0.3) is 11.7 Å². The van der Waals surface area contributed by atoms with Crippen molar-refractivity contribution in [3.05, 3.63) is 29.9 Å². The summed E-state index contributed by atoms with van der Waals surface area (Å²) >= 11 is 0. The monoisotopic (exact) mass is 344 g/mol. The Bertz CT molecular complexity index is 810. The number of amides is 1. The molecule has 0 bridgehead atoms. The van der Waals surface area contributed by atoms with E-state index in [2.05, 4.69) is 4.98 Å². The van der Waals surface area contributed by atoms with E-state index in [1.165, 1.54) is 6.26 Å². The van der Waals surface area contributed by atoms with Gasteiger partial charge in [0, 0.05) is 13.1 Å². The van der Waals surface area contributed by atoms with Gasteiger partial charge in [0.25, 0.3) is 5.89 Å². The second kappa shape index (κ2) is 5.75. The van der Waals surface area contributed by atoms with E-state index in [-0.39, 0.29) is 18.2 Å². The molecule has 0 unspecified atom stereocenters. The molecule has 0 radical (unpaired) electrons. The van der Waals surface area contributed by atoms with Crippen LogP contribution in [0.3, 0.4) is 0 Å². The number of nitrogens with zero attached hydrogens (tertiary/aromatic N) is 2. The third kappa shape index (κ3) is 2.54. The van der Waals surface area contributed by atoms with Gasteiger partial charge in [-0.05, 0) is 37.8 Å². The zero-order valence-electron chi connectivity index (χ0n) is 14.0. The van der Waals surface area contributed by atoms with Crippen LogP contribution in [-0.4, -0.2) is 40.0 Å². The highest BCUT2D eigenvalue weighted by Crippen LogP contribution is 2.49. The number of carboxylic acid groups (broad SMARTS) is 1. The van der Waals surface area contributed by atoms with Crippen molar-refractivity contribution in [1.82, 2.24) is 9.88 Å². The lowest BCUT2D eigenvalue weighted by Crippen LogP contribution is -2.37. The molecule has 2 aromatic rings. The number of oxazole rings is 1. The van der Waals surface area contributed by atoms with E-state index < -0.39 is 11.4 Å². The van der Waals surface area contributed by atoms with Crippen molar-refractivity contribution in [2.45, 2.75) is 32.6 Å². The van der Waals surface area contributed by atoms with Crippen LogP contribution in [0, 0.1) is 18.3 Å². The number of likely N-dealkylation sites (tertiary alicyclic amines) is 1. The van der Waals surface area contributed by atoms with Crippen molar-refractivity contribution < 1.29 is 23.5 Å². The van der Waals surface area contributed by atoms with Gasteiger partial charge in [0.1, 0.15) is 5.76 Å². The Balaban J connectivity index is 1.49. The van der Waals surface area contributed by atoms with Gasteiger partial charge in [-0.25, -0.2) is 4.98 Å². The summed E-state index contributed by atoms with van der Waals surface area (Å²) in [7, 11) is 0. The van der Waals surface area contributed by atoms with E-state index in [0.29, 0.717) is 42.6 Å². The maximum absolute atomic E-state index is 12.7. The van der Waals surface area contributed by atoms with Gasteiger partial charge >= 0.3 is 5.97 Å². The summed E-state index contributed by atoms with van der Waals surface area (Å²) in [5, 5.41) is 9.64. The minimum Gasteiger partial charge on any atom is -0.481 e. The normalized spacial score (nSPS) is 25.3. The number of rotatable bonds is 4. The molecule has 4 rings (SSSR count). The molecule has 132 valence electrons. The Hall–Kier alpha value is -2.57. The maximum Gasteiger partial charge on any atom is 0.311 e. The third-order valence-corrected chi connectivity index (χ3v) is 5.59. The van der Waals surface area contributed by atoms with Gasteiger partial charge in [0.05, 0.1) is 23.8 Å². The topological polar surface area (TPSA) is 96.8 Å². The summed E-state index contributed by atoms with van der Waals surface area (Å²) in [6.45, 7) is 2.58. The first-order valence-electron chi connectivity index (χ1n) is 8.51. The van der Waals surface area contributed by atoms with Crippen LogP contribution in [0.2, 0.25) is 0 Å². The zero-order chi connectivity index (χ0) is 17.6. The Morgan fingerprint density at radius 2 is 2.32 bits per heavy atom. The second-order valence-electron chi connectivity index (χ2n) is 7.00. The number of aliphatic carboxylic acids is 1. The number of carboxylic acids is 1. The first kappa shape index (κ1) is 15.9. The summed E-state index contributed by atoms with van der Waals surface area (Å²) in [4.78, 5) is 30.5. The van der Waals surface area contributed by atoms with Crippen LogP contribution in [0.4, 0.5) is 0 Å². The Labute approximate surface area is 144 Å². The molecule has 0 aromatic carbocycles. The molecular weight excluding hydrogens is 324 g/mol. The molecule has 7 nitrogen and oxygen atoms in total. The largest absolute Gasteiger partial charge is 0.481 e. The predicted molar refractivity (Wildman–Crippen MR) is 86.6 cm³/mol. The summed E-state index contributed by atoms with van der Waals surface area (Å²) in [5.74, 6) is 0.631. The fourth-order valence-corrected chi connectivity index (χ4v) is 4.18. The first-order valence-corrected chi connectivity index (χ1v) is 8.51. The Kier molecular flexibility index (Phi) is 3.67. The molecule has 7 heteroatoms. The molecule has 0 spiro atoms. The van der Waals surface area contributed by atoms with Gasteiger partial charge in [-0.3, -0.25) is 9.59 Å². The Morgan fingerprint density at radius 1 is 1.48 bits per heavy atom. The lowest BCUT2D eigenvalue weighted by Gasteiger charge is -2.23. The SMILES string of the molecule is Cc1oc(-c2ccco2)nc1CC(=O)N1C[C@@H]2CCC[C@@]2(C(=O)O)C1. The maximum atomic E-state index is 12.7. The molecule has 1 aliphatic heterocycles. The molecular formula is C18H20N2O5. The molecule has 3 heterocycles. The van der Waals surface area contributed by atoms with Crippen LogP contribution < -0.4 is 0 Å². The van der Waals surface area contributed by atoms with Crippen LogP contribution >= 0.6 is 0 Å². The van der Waals surface area contributed by atoms with Gasteiger partial charge in [-0.1, -0.05) is 6.42 Å². The number of carbonyl (C=O) groups is 2. The molecule has 2 fully saturated rings. The van der Waals surface area contributed by atoms with Crippen LogP contribution in [0.1, 0.15) is 30.7 Å². The summed E-state index contributed by atoms with van der Waals surface area (Å²) in [6.07, 6.45) is 4.10. The molecule has 1 amide bonds. The summed E-state index contributed by atoms with van der Waals surface area (Å²) < 4.78 is 10.9. The van der Waals surface area contributed by atoms with E-state index in [4.69, 9.17) is 8.83 Å². The lowest BCUT2D eigenvalue weighted by atomic mass is 9.81.